The SMILES string of the molecule is Cc1cccn2cc(COc3ccccc3C(=O)NCC(N)C3CC3)nc12.Cl.Cl. The van der Waals surface area contributed by atoms with Crippen LogP contribution in [0.5, 0.6) is 5.75 Å². The average Bonchev–Trinajstić information content (AvgIpc) is 3.44. The van der Waals surface area contributed by atoms with Crippen LogP contribution in [-0.4, -0.2) is 27.9 Å². The monoisotopic (exact) mass is 436 g/mol. The number of ether oxygens (including phenoxy) is 1. The molecule has 2 heterocycles. The maximum Gasteiger partial charge on any atom is 0.255 e. The van der Waals surface area contributed by atoms with Gasteiger partial charge in [0.05, 0.1) is 11.3 Å². The number of nitrogens with zero attached hydrogens (tertiary/aromatic N) is 2. The topological polar surface area (TPSA) is 81.7 Å². The number of aryl methyl sites for hydroxylation is 1. The summed E-state index contributed by atoms with van der Waals surface area (Å²) in [5.41, 5.74) is 9.42. The molecular formula is C21H26Cl2N4O2. The number of imidazole rings is 1. The van der Waals surface area contributed by atoms with E-state index in [2.05, 4.69) is 10.3 Å². The first kappa shape index (κ1) is 23.0. The fourth-order valence-electron chi connectivity index (χ4n) is 3.20. The van der Waals surface area contributed by atoms with Crippen molar-refractivity contribution in [2.45, 2.75) is 32.4 Å². The summed E-state index contributed by atoms with van der Waals surface area (Å²) >= 11 is 0. The summed E-state index contributed by atoms with van der Waals surface area (Å²) in [6, 6.07) is 11.3. The van der Waals surface area contributed by atoms with E-state index in [0.717, 1.165) is 29.7 Å². The van der Waals surface area contributed by atoms with E-state index in [-0.39, 0.29) is 36.8 Å². The Labute approximate surface area is 182 Å². The smallest absolute Gasteiger partial charge is 0.255 e. The van der Waals surface area contributed by atoms with Crippen LogP contribution >= 0.6 is 24.8 Å². The van der Waals surface area contributed by atoms with E-state index in [0.29, 0.717) is 30.4 Å². The number of carbonyl (C=O) groups excluding carboxylic acids is 1. The first-order valence-electron chi connectivity index (χ1n) is 9.30. The van der Waals surface area contributed by atoms with Crippen LogP contribution < -0.4 is 15.8 Å². The predicted octanol–water partition coefficient (Wildman–Crippen LogP) is 3.53. The highest BCUT2D eigenvalue weighted by Crippen LogP contribution is 2.31. The minimum atomic E-state index is -0.160. The summed E-state index contributed by atoms with van der Waals surface area (Å²) in [4.78, 5) is 17.2. The van der Waals surface area contributed by atoms with Crippen LogP contribution in [0.3, 0.4) is 0 Å². The lowest BCUT2D eigenvalue weighted by molar-refractivity contribution is 0.0945. The number of aromatic nitrogens is 2. The molecule has 4 rings (SSSR count). The van der Waals surface area contributed by atoms with Crippen molar-refractivity contribution in [1.82, 2.24) is 14.7 Å². The molecule has 1 amide bonds. The molecule has 3 N–H and O–H groups in total. The average molecular weight is 437 g/mol. The van der Waals surface area contributed by atoms with Crippen LogP contribution in [0.2, 0.25) is 0 Å². The quantitative estimate of drug-likeness (QED) is 0.593. The number of nitrogens with one attached hydrogen (secondary N) is 1. The maximum absolute atomic E-state index is 12.5. The minimum absolute atomic E-state index is 0. The first-order valence-corrected chi connectivity index (χ1v) is 9.30. The molecule has 1 aliphatic carbocycles. The van der Waals surface area contributed by atoms with Crippen molar-refractivity contribution in [3.63, 3.8) is 0 Å². The van der Waals surface area contributed by atoms with E-state index < -0.39 is 0 Å². The largest absolute Gasteiger partial charge is 0.486 e. The van der Waals surface area contributed by atoms with Gasteiger partial charge in [-0.2, -0.15) is 0 Å². The molecule has 8 heteroatoms. The van der Waals surface area contributed by atoms with Crippen LogP contribution in [0.4, 0.5) is 0 Å². The Morgan fingerprint density at radius 1 is 1.28 bits per heavy atom. The molecule has 29 heavy (non-hydrogen) atoms. The van der Waals surface area contributed by atoms with Gasteiger partial charge in [0.2, 0.25) is 0 Å². The molecule has 1 fully saturated rings. The zero-order chi connectivity index (χ0) is 18.8. The van der Waals surface area contributed by atoms with Gasteiger partial charge >= 0.3 is 0 Å². The molecule has 1 unspecified atom stereocenters. The van der Waals surface area contributed by atoms with Gasteiger partial charge in [-0.3, -0.25) is 4.79 Å². The third kappa shape index (κ3) is 5.41. The molecule has 6 nitrogen and oxygen atoms in total. The lowest BCUT2D eigenvalue weighted by atomic mass is 10.1. The summed E-state index contributed by atoms with van der Waals surface area (Å²) in [7, 11) is 0. The standard InChI is InChI=1S/C21H24N4O2.2ClH/c1-14-5-4-10-25-12-16(24-20(14)25)13-27-19-7-3-2-6-17(19)21(26)23-11-18(22)15-8-9-15;;/h2-7,10,12,15,18H,8-9,11,13,22H2,1H3,(H,23,26);2*1H. The molecule has 1 aliphatic rings. The summed E-state index contributed by atoms with van der Waals surface area (Å²) < 4.78 is 7.89. The van der Waals surface area contributed by atoms with Crippen LogP contribution in [0, 0.1) is 12.8 Å². The Hall–Kier alpha value is -2.28. The number of hydrogen-bond acceptors (Lipinski definition) is 4. The Kier molecular flexibility index (Phi) is 7.90. The Morgan fingerprint density at radius 2 is 2.03 bits per heavy atom. The lowest BCUT2D eigenvalue weighted by Gasteiger charge is -2.14. The lowest BCUT2D eigenvalue weighted by Crippen LogP contribution is -2.38. The molecule has 2 aromatic heterocycles. The first-order chi connectivity index (χ1) is 13.1. The van der Waals surface area contributed by atoms with Gasteiger partial charge in [0.1, 0.15) is 18.0 Å². The molecule has 0 spiro atoms. The summed E-state index contributed by atoms with van der Waals surface area (Å²) in [5.74, 6) is 0.937. The van der Waals surface area contributed by atoms with Gasteiger partial charge in [-0.05, 0) is 49.4 Å². The van der Waals surface area contributed by atoms with Crippen molar-refractivity contribution < 1.29 is 9.53 Å². The van der Waals surface area contributed by atoms with Gasteiger partial charge in [0.25, 0.3) is 5.91 Å². The van der Waals surface area contributed by atoms with Crippen LogP contribution in [0.15, 0.2) is 48.8 Å². The molecule has 0 bridgehead atoms. The van der Waals surface area contributed by atoms with Crippen molar-refractivity contribution in [1.29, 1.82) is 0 Å². The minimum Gasteiger partial charge on any atom is -0.486 e. The number of nitrogens with two attached hydrogens (primary N) is 1. The van der Waals surface area contributed by atoms with Crippen molar-refractivity contribution in [2.24, 2.45) is 11.7 Å². The number of hydrogen-bond donors (Lipinski definition) is 2. The highest BCUT2D eigenvalue weighted by atomic mass is 35.5. The fraction of sp³-hybridized carbons (Fsp3) is 0.333. The molecule has 0 aliphatic heterocycles. The van der Waals surface area contributed by atoms with Gasteiger partial charge < -0.3 is 20.2 Å². The third-order valence-electron chi connectivity index (χ3n) is 4.96. The highest BCUT2D eigenvalue weighted by Gasteiger charge is 2.28. The number of para-hydroxylation sites is 1. The molecule has 1 aromatic carbocycles. The number of pyridine rings is 1. The number of rotatable bonds is 7. The number of benzene rings is 1. The Morgan fingerprint density at radius 3 is 2.76 bits per heavy atom. The van der Waals surface area contributed by atoms with Crippen LogP contribution in [0.1, 0.15) is 34.5 Å². The van der Waals surface area contributed by atoms with Gasteiger partial charge in [-0.15, -0.1) is 24.8 Å². The van der Waals surface area contributed by atoms with Crippen molar-refractivity contribution in [2.75, 3.05) is 6.54 Å². The van der Waals surface area contributed by atoms with Gasteiger partial charge in [0.15, 0.2) is 0 Å². The molecular weight excluding hydrogens is 411 g/mol. The van der Waals surface area contributed by atoms with Crippen molar-refractivity contribution in [3.05, 3.63) is 65.6 Å². The van der Waals surface area contributed by atoms with E-state index >= 15 is 0 Å². The van der Waals surface area contributed by atoms with E-state index in [1.165, 1.54) is 0 Å². The van der Waals surface area contributed by atoms with Crippen LogP contribution in [0.25, 0.3) is 5.65 Å². The van der Waals surface area contributed by atoms with Gasteiger partial charge in [-0.25, -0.2) is 4.98 Å². The van der Waals surface area contributed by atoms with E-state index in [1.807, 2.05) is 48.0 Å². The van der Waals surface area contributed by atoms with Gasteiger partial charge in [0, 0.05) is 25.0 Å². The number of fused-ring (bicyclic) bond motifs is 1. The number of amides is 1. The number of halogens is 2. The van der Waals surface area contributed by atoms with E-state index in [4.69, 9.17) is 10.5 Å². The molecule has 1 saturated carbocycles. The zero-order valence-electron chi connectivity index (χ0n) is 16.2. The zero-order valence-corrected chi connectivity index (χ0v) is 17.8. The van der Waals surface area contributed by atoms with Crippen molar-refractivity contribution in [3.8, 4) is 5.75 Å². The second-order valence-electron chi connectivity index (χ2n) is 7.15. The second-order valence-corrected chi connectivity index (χ2v) is 7.15. The van der Waals surface area contributed by atoms with E-state index in [9.17, 15) is 4.79 Å². The second kappa shape index (κ2) is 9.96. The maximum atomic E-state index is 12.5. The third-order valence-corrected chi connectivity index (χ3v) is 4.96. The molecule has 1 atom stereocenters. The Balaban J connectivity index is 0.00000150. The summed E-state index contributed by atoms with van der Waals surface area (Å²) in [6.45, 7) is 2.81. The summed E-state index contributed by atoms with van der Waals surface area (Å²) in [5, 5.41) is 2.92. The normalized spacial score (nSPS) is 13.9. The van der Waals surface area contributed by atoms with Crippen molar-refractivity contribution >= 4 is 36.4 Å². The highest BCUT2D eigenvalue weighted by molar-refractivity contribution is 5.96. The molecule has 156 valence electrons. The molecule has 0 radical (unpaired) electrons. The predicted molar refractivity (Wildman–Crippen MR) is 118 cm³/mol. The fourth-order valence-corrected chi connectivity index (χ4v) is 3.20. The van der Waals surface area contributed by atoms with Gasteiger partial charge in [-0.1, -0.05) is 18.2 Å². The Bertz CT molecular complexity index is 972. The van der Waals surface area contributed by atoms with Crippen LogP contribution in [-0.2, 0) is 6.61 Å². The molecule has 3 aromatic rings. The van der Waals surface area contributed by atoms with E-state index in [1.54, 1.807) is 12.1 Å². The molecule has 0 saturated heterocycles. The summed E-state index contributed by atoms with van der Waals surface area (Å²) in [6.07, 6.45) is 6.23. The number of carbonyl (C=O) groups is 1.